The molecule has 1 N–H and O–H groups in total. The summed E-state index contributed by atoms with van der Waals surface area (Å²) in [6.07, 6.45) is 3.67. The minimum Gasteiger partial charge on any atom is -0.497 e. The Hall–Kier alpha value is -2.10. The number of hydrogen-bond donors (Lipinski definition) is 1. The van der Waals surface area contributed by atoms with Crippen molar-refractivity contribution in [2.75, 3.05) is 7.11 Å². The van der Waals surface area contributed by atoms with Gasteiger partial charge in [-0.3, -0.25) is 4.79 Å². The summed E-state index contributed by atoms with van der Waals surface area (Å²) in [6, 6.07) is 7.15. The van der Waals surface area contributed by atoms with Crippen molar-refractivity contribution in [3.63, 3.8) is 0 Å². The highest BCUT2D eigenvalue weighted by Crippen LogP contribution is 2.11. The third-order valence-corrected chi connectivity index (χ3v) is 2.70. The van der Waals surface area contributed by atoms with Crippen LogP contribution in [0.2, 0.25) is 0 Å². The lowest BCUT2D eigenvalue weighted by Gasteiger charge is -2.02. The van der Waals surface area contributed by atoms with E-state index in [1.165, 1.54) is 0 Å². The molecule has 2 aromatic rings. The lowest BCUT2D eigenvalue weighted by Crippen LogP contribution is -2.38. The third-order valence-electron chi connectivity index (χ3n) is 2.70. The van der Waals surface area contributed by atoms with Gasteiger partial charge in [0.05, 0.1) is 7.11 Å². The Kier molecular flexibility index (Phi) is 3.23. The monoisotopic (exact) mass is 231 g/mol. The van der Waals surface area contributed by atoms with Gasteiger partial charge in [-0.15, -0.1) is 0 Å². The molecule has 0 radical (unpaired) electrons. The Morgan fingerprint density at radius 1 is 1.35 bits per heavy atom. The summed E-state index contributed by atoms with van der Waals surface area (Å²) in [6.45, 7) is 2.28. The van der Waals surface area contributed by atoms with E-state index in [0.29, 0.717) is 12.1 Å². The smallest absolute Gasteiger partial charge is 0.251 e. The van der Waals surface area contributed by atoms with Crippen LogP contribution in [0.4, 0.5) is 0 Å². The summed E-state index contributed by atoms with van der Waals surface area (Å²) < 4.78 is 6.93. The predicted molar refractivity (Wildman–Crippen MR) is 63.0 cm³/mol. The zero-order valence-electron chi connectivity index (χ0n) is 9.93. The lowest BCUT2D eigenvalue weighted by atomic mass is 10.1. The molecule has 88 valence electrons. The molecule has 4 heteroatoms. The number of carbonyl (C=O) groups is 1. The van der Waals surface area contributed by atoms with Crippen LogP contribution in [0.3, 0.4) is 0 Å². The summed E-state index contributed by atoms with van der Waals surface area (Å²) in [5, 5.41) is 0. The number of nitrogens with one attached hydrogen (secondary N) is 1. The predicted octanol–water partition coefficient (Wildman–Crippen LogP) is 1.50. The summed E-state index contributed by atoms with van der Waals surface area (Å²) in [7, 11) is 1.61. The molecule has 2 rings (SSSR count). The second-order valence-corrected chi connectivity index (χ2v) is 3.83. The van der Waals surface area contributed by atoms with Crippen molar-refractivity contribution in [1.82, 2.24) is 4.98 Å². The first-order valence-electron chi connectivity index (χ1n) is 5.41. The van der Waals surface area contributed by atoms with Crippen molar-refractivity contribution in [2.45, 2.75) is 13.5 Å². The average Bonchev–Trinajstić information content (AvgIpc) is 2.75. The Labute approximate surface area is 99.9 Å². The highest BCUT2D eigenvalue weighted by molar-refractivity contribution is 5.95. The third kappa shape index (κ3) is 2.53. The van der Waals surface area contributed by atoms with Crippen molar-refractivity contribution in [3.05, 3.63) is 48.0 Å². The average molecular weight is 231 g/mol. The molecule has 0 aliphatic rings. The largest absolute Gasteiger partial charge is 0.497 e. The number of aromatic amines is 1. The van der Waals surface area contributed by atoms with Crippen molar-refractivity contribution in [1.29, 1.82) is 0 Å². The van der Waals surface area contributed by atoms with E-state index in [1.807, 2.05) is 23.9 Å². The number of aryl methyl sites for hydroxylation is 1. The van der Waals surface area contributed by atoms with Gasteiger partial charge >= 0.3 is 0 Å². The summed E-state index contributed by atoms with van der Waals surface area (Å²) in [5.41, 5.74) is 0.693. The number of methoxy groups -OCH3 is 1. The van der Waals surface area contributed by atoms with Gasteiger partial charge < -0.3 is 4.74 Å². The maximum Gasteiger partial charge on any atom is 0.251 e. The van der Waals surface area contributed by atoms with E-state index < -0.39 is 0 Å². The number of nitrogens with zero attached hydrogens (tertiary/aromatic N) is 1. The Balaban J connectivity index is 2.12. The first-order valence-corrected chi connectivity index (χ1v) is 5.41. The number of carbonyl (C=O) groups excluding carboxylic acids is 1. The van der Waals surface area contributed by atoms with Crippen LogP contribution in [0, 0.1) is 6.92 Å². The van der Waals surface area contributed by atoms with Crippen LogP contribution in [0.5, 0.6) is 5.75 Å². The minimum absolute atomic E-state index is 0.0837. The Morgan fingerprint density at radius 3 is 2.59 bits per heavy atom. The van der Waals surface area contributed by atoms with Gasteiger partial charge in [-0.1, -0.05) is 0 Å². The normalized spacial score (nSPS) is 10.2. The molecule has 0 unspecified atom stereocenters. The Bertz CT molecular complexity index is 514. The van der Waals surface area contributed by atoms with Gasteiger partial charge in [0.25, 0.3) is 5.82 Å². The fourth-order valence-electron chi connectivity index (χ4n) is 1.64. The van der Waals surface area contributed by atoms with Crippen molar-refractivity contribution in [2.24, 2.45) is 0 Å². The molecule has 4 nitrogen and oxygen atoms in total. The number of Topliss-reactive ketones (excluding diaryl/α,β-unsaturated/α-hetero) is 1. The quantitative estimate of drug-likeness (QED) is 0.640. The number of ether oxygens (including phenoxy) is 1. The van der Waals surface area contributed by atoms with E-state index in [9.17, 15) is 4.79 Å². The highest BCUT2D eigenvalue weighted by Gasteiger charge is 2.12. The fraction of sp³-hybridized carbons (Fsp3) is 0.231. The standard InChI is InChI=1S/C13H14N2O2/c1-10-14-7-8-15(10)9-13(16)11-3-5-12(17-2)6-4-11/h3-8H,9H2,1-2H3/p+1. The van der Waals surface area contributed by atoms with Crippen molar-refractivity contribution < 1.29 is 14.1 Å². The van der Waals surface area contributed by atoms with Crippen LogP contribution in [0.1, 0.15) is 16.2 Å². The SMILES string of the molecule is COc1ccc(C(=O)C[n+]2cc[nH]c2C)cc1. The fourth-order valence-corrected chi connectivity index (χ4v) is 1.64. The highest BCUT2D eigenvalue weighted by atomic mass is 16.5. The number of hydrogen-bond acceptors (Lipinski definition) is 2. The number of aromatic nitrogens is 2. The van der Waals surface area contributed by atoms with E-state index in [-0.39, 0.29) is 5.78 Å². The molecular formula is C13H15N2O2+. The maximum absolute atomic E-state index is 12.0. The zero-order valence-corrected chi connectivity index (χ0v) is 9.93. The van der Waals surface area contributed by atoms with Crippen LogP contribution in [-0.4, -0.2) is 17.9 Å². The van der Waals surface area contributed by atoms with Crippen LogP contribution in [-0.2, 0) is 6.54 Å². The molecular weight excluding hydrogens is 216 g/mol. The molecule has 1 heterocycles. The van der Waals surface area contributed by atoms with Crippen LogP contribution in [0.15, 0.2) is 36.7 Å². The van der Waals surface area contributed by atoms with E-state index in [2.05, 4.69) is 4.98 Å². The molecule has 1 aromatic heterocycles. The van der Waals surface area contributed by atoms with Crippen molar-refractivity contribution in [3.8, 4) is 5.75 Å². The molecule has 0 amide bonds. The van der Waals surface area contributed by atoms with E-state index in [0.717, 1.165) is 11.6 Å². The Morgan fingerprint density at radius 2 is 2.06 bits per heavy atom. The molecule has 0 atom stereocenters. The molecule has 17 heavy (non-hydrogen) atoms. The first-order chi connectivity index (χ1) is 8.20. The van der Waals surface area contributed by atoms with Gasteiger partial charge in [-0.05, 0) is 24.3 Å². The van der Waals surface area contributed by atoms with Crippen molar-refractivity contribution >= 4 is 5.78 Å². The second-order valence-electron chi connectivity index (χ2n) is 3.83. The molecule has 0 aliphatic heterocycles. The molecule has 0 fully saturated rings. The molecule has 0 bridgehead atoms. The van der Waals surface area contributed by atoms with E-state index in [4.69, 9.17) is 4.74 Å². The molecule has 0 spiro atoms. The van der Waals surface area contributed by atoms with Gasteiger partial charge in [0.15, 0.2) is 6.54 Å². The number of benzene rings is 1. The summed E-state index contributed by atoms with van der Waals surface area (Å²) >= 11 is 0. The number of ketones is 1. The van der Waals surface area contributed by atoms with Gasteiger partial charge in [-0.2, -0.15) is 0 Å². The molecule has 0 aliphatic carbocycles. The molecule has 1 aromatic carbocycles. The van der Waals surface area contributed by atoms with Crippen LogP contribution in [0.25, 0.3) is 0 Å². The number of imidazole rings is 1. The summed E-state index contributed by atoms with van der Waals surface area (Å²) in [5.74, 6) is 1.80. The molecule has 0 saturated heterocycles. The van der Waals surface area contributed by atoms with Gasteiger partial charge in [0.1, 0.15) is 18.1 Å². The maximum atomic E-state index is 12.0. The first kappa shape index (κ1) is 11.4. The van der Waals surface area contributed by atoms with E-state index in [1.54, 1.807) is 31.4 Å². The lowest BCUT2D eigenvalue weighted by molar-refractivity contribution is -0.687. The topological polar surface area (TPSA) is 46.0 Å². The van der Waals surface area contributed by atoms with Gasteiger partial charge in [0, 0.05) is 12.5 Å². The number of rotatable bonds is 4. The zero-order chi connectivity index (χ0) is 12.3. The van der Waals surface area contributed by atoms with E-state index >= 15 is 0 Å². The van der Waals surface area contributed by atoms with Gasteiger partial charge in [0.2, 0.25) is 5.78 Å². The second kappa shape index (κ2) is 4.82. The number of H-pyrrole nitrogens is 1. The summed E-state index contributed by atoms with van der Waals surface area (Å²) in [4.78, 5) is 15.0. The van der Waals surface area contributed by atoms with Crippen LogP contribution < -0.4 is 9.30 Å². The molecule has 0 saturated carbocycles. The van der Waals surface area contributed by atoms with Crippen LogP contribution >= 0.6 is 0 Å². The van der Waals surface area contributed by atoms with Gasteiger partial charge in [-0.25, -0.2) is 9.55 Å². The minimum atomic E-state index is 0.0837.